The maximum absolute atomic E-state index is 12.6. The van der Waals surface area contributed by atoms with Gasteiger partial charge in [-0.15, -0.1) is 12.4 Å². The SMILES string of the molecule is CC(C)(C)c1ccc(O)c(NC(=O)C2Cc3ccccc3CN2)c1.Cl. The molecule has 0 saturated carbocycles. The van der Waals surface area contributed by atoms with E-state index < -0.39 is 0 Å². The van der Waals surface area contributed by atoms with Crippen molar-refractivity contribution in [2.24, 2.45) is 0 Å². The zero-order valence-corrected chi connectivity index (χ0v) is 15.6. The summed E-state index contributed by atoms with van der Waals surface area (Å²) in [5, 5.41) is 16.2. The summed E-state index contributed by atoms with van der Waals surface area (Å²) in [5.41, 5.74) is 3.92. The number of carbonyl (C=O) groups is 1. The average molecular weight is 361 g/mol. The molecule has 1 aliphatic heterocycles. The van der Waals surface area contributed by atoms with Crippen LogP contribution in [0.15, 0.2) is 42.5 Å². The number of hydrogen-bond acceptors (Lipinski definition) is 3. The van der Waals surface area contributed by atoms with E-state index in [4.69, 9.17) is 0 Å². The number of rotatable bonds is 2. The van der Waals surface area contributed by atoms with Crippen LogP contribution in [-0.2, 0) is 23.2 Å². The second-order valence-electron chi connectivity index (χ2n) is 7.38. The Balaban J connectivity index is 0.00000225. The topological polar surface area (TPSA) is 61.4 Å². The molecule has 25 heavy (non-hydrogen) atoms. The van der Waals surface area contributed by atoms with Crippen LogP contribution < -0.4 is 10.6 Å². The Morgan fingerprint density at radius 1 is 1.16 bits per heavy atom. The fourth-order valence-electron chi connectivity index (χ4n) is 2.96. The van der Waals surface area contributed by atoms with Gasteiger partial charge < -0.3 is 15.7 Å². The molecule has 134 valence electrons. The quantitative estimate of drug-likeness (QED) is 0.714. The minimum atomic E-state index is -0.294. The molecule has 0 spiro atoms. The monoisotopic (exact) mass is 360 g/mol. The van der Waals surface area contributed by atoms with E-state index in [0.29, 0.717) is 18.7 Å². The molecule has 5 heteroatoms. The van der Waals surface area contributed by atoms with Gasteiger partial charge >= 0.3 is 0 Å². The van der Waals surface area contributed by atoms with Crippen LogP contribution in [0.3, 0.4) is 0 Å². The predicted molar refractivity (Wildman–Crippen MR) is 103 cm³/mol. The van der Waals surface area contributed by atoms with Crippen molar-refractivity contribution in [1.82, 2.24) is 5.32 Å². The van der Waals surface area contributed by atoms with Gasteiger partial charge in [-0.2, -0.15) is 0 Å². The number of phenols is 1. The third-order valence-electron chi connectivity index (χ3n) is 4.52. The normalized spacial score (nSPS) is 16.5. The van der Waals surface area contributed by atoms with E-state index in [1.54, 1.807) is 6.07 Å². The molecule has 3 N–H and O–H groups in total. The first kappa shape index (κ1) is 19.3. The smallest absolute Gasteiger partial charge is 0.241 e. The van der Waals surface area contributed by atoms with Crippen LogP contribution in [0.1, 0.15) is 37.5 Å². The van der Waals surface area contributed by atoms with Gasteiger partial charge in [0, 0.05) is 6.54 Å². The van der Waals surface area contributed by atoms with Gasteiger partial charge in [-0.1, -0.05) is 51.1 Å². The van der Waals surface area contributed by atoms with Crippen molar-refractivity contribution < 1.29 is 9.90 Å². The molecule has 0 saturated heterocycles. The Morgan fingerprint density at radius 3 is 2.52 bits per heavy atom. The lowest BCUT2D eigenvalue weighted by Gasteiger charge is -2.26. The molecule has 1 heterocycles. The number of phenolic OH excluding ortho intramolecular Hbond substituents is 1. The average Bonchev–Trinajstić information content (AvgIpc) is 2.55. The highest BCUT2D eigenvalue weighted by Gasteiger charge is 2.25. The van der Waals surface area contributed by atoms with Gasteiger partial charge in [0.05, 0.1) is 11.7 Å². The van der Waals surface area contributed by atoms with Gasteiger partial charge in [-0.3, -0.25) is 4.79 Å². The molecule has 3 rings (SSSR count). The molecule has 1 aliphatic rings. The number of nitrogens with one attached hydrogen (secondary N) is 2. The standard InChI is InChI=1S/C20H24N2O2.ClH/c1-20(2,3)15-8-9-18(23)16(11-15)22-19(24)17-10-13-6-4-5-7-14(13)12-21-17;/h4-9,11,17,21,23H,10,12H2,1-3H3,(H,22,24);1H. The van der Waals surface area contributed by atoms with Crippen LogP contribution in [0.5, 0.6) is 5.75 Å². The Hall–Kier alpha value is -2.04. The third-order valence-corrected chi connectivity index (χ3v) is 4.52. The first-order valence-corrected chi connectivity index (χ1v) is 8.29. The zero-order valence-electron chi connectivity index (χ0n) is 14.8. The number of hydrogen-bond donors (Lipinski definition) is 3. The summed E-state index contributed by atoms with van der Waals surface area (Å²) in [4.78, 5) is 12.6. The van der Waals surface area contributed by atoms with Crippen LogP contribution in [0.4, 0.5) is 5.69 Å². The zero-order chi connectivity index (χ0) is 17.3. The van der Waals surface area contributed by atoms with Crippen molar-refractivity contribution in [2.75, 3.05) is 5.32 Å². The molecule has 4 nitrogen and oxygen atoms in total. The molecule has 2 aromatic carbocycles. The number of amides is 1. The first-order chi connectivity index (χ1) is 11.3. The summed E-state index contributed by atoms with van der Waals surface area (Å²) in [6.07, 6.45) is 0.654. The Morgan fingerprint density at radius 2 is 1.84 bits per heavy atom. The summed E-state index contributed by atoms with van der Waals surface area (Å²) in [7, 11) is 0. The molecule has 0 radical (unpaired) electrons. The first-order valence-electron chi connectivity index (χ1n) is 8.29. The molecule has 0 fully saturated rings. The van der Waals surface area contributed by atoms with Gasteiger partial charge in [0.15, 0.2) is 0 Å². The van der Waals surface area contributed by atoms with Crippen LogP contribution in [0, 0.1) is 0 Å². The van der Waals surface area contributed by atoms with Gasteiger partial charge in [-0.05, 0) is 40.7 Å². The maximum Gasteiger partial charge on any atom is 0.241 e. The molecule has 0 aliphatic carbocycles. The largest absolute Gasteiger partial charge is 0.506 e. The summed E-state index contributed by atoms with van der Waals surface area (Å²) in [5.74, 6) is -0.0292. The third kappa shape index (κ3) is 4.33. The second kappa shape index (κ2) is 7.46. The Bertz CT molecular complexity index is 769. The molecule has 1 unspecified atom stereocenters. The fourth-order valence-corrected chi connectivity index (χ4v) is 2.96. The molecule has 0 aromatic heterocycles. The molecular weight excluding hydrogens is 336 g/mol. The van der Waals surface area contributed by atoms with E-state index in [9.17, 15) is 9.90 Å². The lowest BCUT2D eigenvalue weighted by atomic mass is 9.86. The number of carbonyl (C=O) groups excluding carboxylic acids is 1. The van der Waals surface area contributed by atoms with Crippen molar-refractivity contribution >= 4 is 24.0 Å². The van der Waals surface area contributed by atoms with Crippen molar-refractivity contribution in [3.05, 3.63) is 59.2 Å². The van der Waals surface area contributed by atoms with E-state index in [2.05, 4.69) is 43.5 Å². The van der Waals surface area contributed by atoms with E-state index in [0.717, 1.165) is 5.56 Å². The Kier molecular flexibility index (Phi) is 5.76. The lowest BCUT2D eigenvalue weighted by Crippen LogP contribution is -2.44. The minimum Gasteiger partial charge on any atom is -0.506 e. The highest BCUT2D eigenvalue weighted by molar-refractivity contribution is 5.96. The van der Waals surface area contributed by atoms with E-state index in [-0.39, 0.29) is 35.5 Å². The van der Waals surface area contributed by atoms with E-state index in [1.165, 1.54) is 11.1 Å². The van der Waals surface area contributed by atoms with Crippen LogP contribution >= 0.6 is 12.4 Å². The summed E-state index contributed by atoms with van der Waals surface area (Å²) in [6, 6.07) is 13.2. The van der Waals surface area contributed by atoms with Crippen LogP contribution in [0.2, 0.25) is 0 Å². The van der Waals surface area contributed by atoms with Crippen molar-refractivity contribution in [3.8, 4) is 5.75 Å². The number of benzene rings is 2. The van der Waals surface area contributed by atoms with Crippen LogP contribution in [-0.4, -0.2) is 17.1 Å². The van der Waals surface area contributed by atoms with Gasteiger partial charge in [-0.25, -0.2) is 0 Å². The van der Waals surface area contributed by atoms with Crippen molar-refractivity contribution in [3.63, 3.8) is 0 Å². The summed E-state index contributed by atoms with van der Waals surface area (Å²) < 4.78 is 0. The fraction of sp³-hybridized carbons (Fsp3) is 0.350. The lowest BCUT2D eigenvalue weighted by molar-refractivity contribution is -0.118. The molecule has 1 atom stereocenters. The number of anilines is 1. The molecule has 0 bridgehead atoms. The number of halogens is 1. The Labute approximate surface area is 155 Å². The number of aromatic hydroxyl groups is 1. The van der Waals surface area contributed by atoms with E-state index in [1.807, 2.05) is 24.3 Å². The van der Waals surface area contributed by atoms with Crippen LogP contribution in [0.25, 0.3) is 0 Å². The number of fused-ring (bicyclic) bond motifs is 1. The molecule has 1 amide bonds. The van der Waals surface area contributed by atoms with Gasteiger partial charge in [0.2, 0.25) is 5.91 Å². The summed E-state index contributed by atoms with van der Waals surface area (Å²) in [6.45, 7) is 6.99. The predicted octanol–water partition coefficient (Wildman–Crippen LogP) is 3.76. The van der Waals surface area contributed by atoms with Crippen molar-refractivity contribution in [1.29, 1.82) is 0 Å². The van der Waals surface area contributed by atoms with E-state index >= 15 is 0 Å². The highest BCUT2D eigenvalue weighted by Crippen LogP contribution is 2.31. The van der Waals surface area contributed by atoms with Crippen molar-refractivity contribution in [2.45, 2.75) is 45.2 Å². The van der Waals surface area contributed by atoms with Gasteiger partial charge in [0.25, 0.3) is 0 Å². The minimum absolute atomic E-state index is 0. The van der Waals surface area contributed by atoms with Gasteiger partial charge in [0.1, 0.15) is 5.75 Å². The maximum atomic E-state index is 12.6. The highest BCUT2D eigenvalue weighted by atomic mass is 35.5. The molecular formula is C20H25ClN2O2. The molecule has 2 aromatic rings. The second-order valence-corrected chi connectivity index (χ2v) is 7.38. The summed E-state index contributed by atoms with van der Waals surface area (Å²) >= 11 is 0.